The zero-order valence-electron chi connectivity index (χ0n) is 14.4. The SMILES string of the molecule is COCC(C)NC(=O)CSc1nc2ccccc2c(=O)n1CCCO. The van der Waals surface area contributed by atoms with Crippen LogP contribution in [0.2, 0.25) is 0 Å². The van der Waals surface area contributed by atoms with Gasteiger partial charge in [-0.05, 0) is 25.5 Å². The summed E-state index contributed by atoms with van der Waals surface area (Å²) in [5.41, 5.74) is 0.443. The molecule has 1 unspecified atom stereocenters. The number of fused-ring (bicyclic) bond motifs is 1. The quantitative estimate of drug-likeness (QED) is 0.509. The topological polar surface area (TPSA) is 93.5 Å². The minimum atomic E-state index is -0.158. The molecule has 0 radical (unpaired) electrons. The van der Waals surface area contributed by atoms with Gasteiger partial charge in [-0.25, -0.2) is 4.98 Å². The Bertz CT molecular complexity index is 778. The number of aromatic nitrogens is 2. The first-order chi connectivity index (χ1) is 12.1. The van der Waals surface area contributed by atoms with Gasteiger partial charge in [-0.1, -0.05) is 23.9 Å². The van der Waals surface area contributed by atoms with Gasteiger partial charge < -0.3 is 15.2 Å². The highest BCUT2D eigenvalue weighted by Gasteiger charge is 2.14. The molecule has 0 saturated heterocycles. The molecule has 0 aliphatic carbocycles. The van der Waals surface area contributed by atoms with Crippen LogP contribution in [0.1, 0.15) is 13.3 Å². The van der Waals surface area contributed by atoms with E-state index in [-0.39, 0.29) is 29.9 Å². The van der Waals surface area contributed by atoms with Crippen molar-refractivity contribution in [1.29, 1.82) is 0 Å². The van der Waals surface area contributed by atoms with Crippen molar-refractivity contribution in [1.82, 2.24) is 14.9 Å². The highest BCUT2D eigenvalue weighted by Crippen LogP contribution is 2.18. The summed E-state index contributed by atoms with van der Waals surface area (Å²) in [6.07, 6.45) is 0.449. The third-order valence-electron chi connectivity index (χ3n) is 3.52. The molecule has 2 aromatic rings. The van der Waals surface area contributed by atoms with Crippen molar-refractivity contribution in [2.45, 2.75) is 31.1 Å². The molecule has 0 bridgehead atoms. The molecule has 1 heterocycles. The van der Waals surface area contributed by atoms with Gasteiger partial charge in [0.15, 0.2) is 5.16 Å². The van der Waals surface area contributed by atoms with Gasteiger partial charge in [0.05, 0.1) is 23.3 Å². The molecule has 7 nitrogen and oxygen atoms in total. The zero-order valence-corrected chi connectivity index (χ0v) is 15.2. The van der Waals surface area contributed by atoms with Crippen LogP contribution in [0, 0.1) is 0 Å². The molecule has 0 saturated carbocycles. The third-order valence-corrected chi connectivity index (χ3v) is 4.50. The molecule has 8 heteroatoms. The summed E-state index contributed by atoms with van der Waals surface area (Å²) >= 11 is 1.21. The van der Waals surface area contributed by atoms with Gasteiger partial charge in [0, 0.05) is 26.3 Å². The molecule has 25 heavy (non-hydrogen) atoms. The molecule has 2 rings (SSSR count). The zero-order chi connectivity index (χ0) is 18.2. The van der Waals surface area contributed by atoms with E-state index in [1.54, 1.807) is 25.3 Å². The number of aliphatic hydroxyl groups excluding tert-OH is 1. The predicted octanol–water partition coefficient (Wildman–Crippen LogP) is 1.02. The number of thioether (sulfide) groups is 1. The minimum absolute atomic E-state index is 0.0155. The van der Waals surface area contributed by atoms with Crippen LogP contribution in [0.15, 0.2) is 34.2 Å². The number of carbonyl (C=O) groups excluding carboxylic acids is 1. The number of rotatable bonds is 9. The first-order valence-corrected chi connectivity index (χ1v) is 9.07. The largest absolute Gasteiger partial charge is 0.396 e. The lowest BCUT2D eigenvalue weighted by Gasteiger charge is -2.14. The van der Waals surface area contributed by atoms with Crippen molar-refractivity contribution in [2.75, 3.05) is 26.1 Å². The Morgan fingerprint density at radius 2 is 2.20 bits per heavy atom. The van der Waals surface area contributed by atoms with Crippen LogP contribution in [0.25, 0.3) is 10.9 Å². The van der Waals surface area contributed by atoms with E-state index in [2.05, 4.69) is 10.3 Å². The van der Waals surface area contributed by atoms with Crippen LogP contribution in [-0.2, 0) is 16.1 Å². The van der Waals surface area contributed by atoms with E-state index in [0.29, 0.717) is 35.6 Å². The van der Waals surface area contributed by atoms with Crippen molar-refractivity contribution in [3.63, 3.8) is 0 Å². The van der Waals surface area contributed by atoms with E-state index < -0.39 is 0 Å². The molecular weight excluding hydrogens is 342 g/mol. The number of nitrogens with zero attached hydrogens (tertiary/aromatic N) is 2. The number of aliphatic hydroxyl groups is 1. The molecule has 1 aromatic carbocycles. The molecule has 1 aromatic heterocycles. The molecule has 0 spiro atoms. The number of hydrogen-bond donors (Lipinski definition) is 2. The van der Waals surface area contributed by atoms with E-state index in [1.807, 2.05) is 13.0 Å². The lowest BCUT2D eigenvalue weighted by molar-refractivity contribution is -0.119. The normalized spacial score (nSPS) is 12.3. The van der Waals surface area contributed by atoms with Crippen LogP contribution in [-0.4, -0.2) is 52.7 Å². The van der Waals surface area contributed by atoms with Gasteiger partial charge in [-0.3, -0.25) is 14.2 Å². The van der Waals surface area contributed by atoms with Crippen molar-refractivity contribution >= 4 is 28.6 Å². The smallest absolute Gasteiger partial charge is 0.262 e. The van der Waals surface area contributed by atoms with Gasteiger partial charge in [0.25, 0.3) is 5.56 Å². The molecular formula is C17H23N3O4S. The van der Waals surface area contributed by atoms with E-state index in [4.69, 9.17) is 9.84 Å². The van der Waals surface area contributed by atoms with Gasteiger partial charge in [0.1, 0.15) is 0 Å². The first kappa shape index (κ1) is 19.4. The van der Waals surface area contributed by atoms with Crippen molar-refractivity contribution in [3.8, 4) is 0 Å². The van der Waals surface area contributed by atoms with Crippen molar-refractivity contribution in [2.24, 2.45) is 0 Å². The number of para-hydroxylation sites is 1. The van der Waals surface area contributed by atoms with Gasteiger partial charge in [-0.2, -0.15) is 0 Å². The second-order valence-electron chi connectivity index (χ2n) is 5.66. The number of hydrogen-bond acceptors (Lipinski definition) is 6. The Labute approximate surface area is 150 Å². The van der Waals surface area contributed by atoms with Crippen LogP contribution in [0.5, 0.6) is 0 Å². The Balaban J connectivity index is 2.20. The summed E-state index contributed by atoms with van der Waals surface area (Å²) in [7, 11) is 1.58. The van der Waals surface area contributed by atoms with E-state index in [1.165, 1.54) is 16.3 Å². The summed E-state index contributed by atoms with van der Waals surface area (Å²) in [6.45, 7) is 2.64. The fraction of sp³-hybridized carbons (Fsp3) is 0.471. The highest BCUT2D eigenvalue weighted by atomic mass is 32.2. The average molecular weight is 365 g/mol. The first-order valence-electron chi connectivity index (χ1n) is 8.08. The summed E-state index contributed by atoms with van der Waals surface area (Å²) in [5.74, 6) is 0.00322. The maximum atomic E-state index is 12.7. The maximum absolute atomic E-state index is 12.7. The fourth-order valence-corrected chi connectivity index (χ4v) is 3.26. The number of carbonyl (C=O) groups is 1. The predicted molar refractivity (Wildman–Crippen MR) is 97.9 cm³/mol. The Hall–Kier alpha value is -1.90. The van der Waals surface area contributed by atoms with Crippen LogP contribution in [0.3, 0.4) is 0 Å². The molecule has 0 aliphatic rings. The second kappa shape index (κ2) is 9.55. The second-order valence-corrected chi connectivity index (χ2v) is 6.60. The number of amides is 1. The number of ether oxygens (including phenoxy) is 1. The van der Waals surface area contributed by atoms with E-state index in [0.717, 1.165) is 0 Å². The molecule has 2 N–H and O–H groups in total. The monoisotopic (exact) mass is 365 g/mol. The van der Waals surface area contributed by atoms with Crippen LogP contribution in [0.4, 0.5) is 0 Å². The Morgan fingerprint density at radius 3 is 2.92 bits per heavy atom. The molecule has 1 atom stereocenters. The summed E-state index contributed by atoms with van der Waals surface area (Å²) in [4.78, 5) is 29.2. The summed E-state index contributed by atoms with van der Waals surface area (Å²) in [5, 5.41) is 12.9. The number of nitrogens with one attached hydrogen (secondary N) is 1. The number of benzene rings is 1. The lowest BCUT2D eigenvalue weighted by atomic mass is 10.2. The van der Waals surface area contributed by atoms with Gasteiger partial charge in [-0.15, -0.1) is 0 Å². The standard InChI is InChI=1S/C17H23N3O4S/c1-12(10-24-2)18-15(22)11-25-17-19-14-7-4-3-6-13(14)16(23)20(17)8-5-9-21/h3-4,6-7,12,21H,5,8-11H2,1-2H3,(H,18,22). The lowest BCUT2D eigenvalue weighted by Crippen LogP contribution is -2.36. The molecule has 1 amide bonds. The van der Waals surface area contributed by atoms with Gasteiger partial charge >= 0.3 is 0 Å². The fourth-order valence-electron chi connectivity index (χ4n) is 2.42. The van der Waals surface area contributed by atoms with Gasteiger partial charge in [0.2, 0.25) is 5.91 Å². The minimum Gasteiger partial charge on any atom is -0.396 e. The van der Waals surface area contributed by atoms with Crippen LogP contribution < -0.4 is 10.9 Å². The van der Waals surface area contributed by atoms with Crippen molar-refractivity contribution < 1.29 is 14.6 Å². The van der Waals surface area contributed by atoms with E-state index >= 15 is 0 Å². The highest BCUT2D eigenvalue weighted by molar-refractivity contribution is 7.99. The maximum Gasteiger partial charge on any atom is 0.262 e. The Kier molecular flexibility index (Phi) is 7.42. The average Bonchev–Trinajstić information content (AvgIpc) is 2.59. The summed E-state index contributed by atoms with van der Waals surface area (Å²) in [6, 6.07) is 7.03. The Morgan fingerprint density at radius 1 is 1.44 bits per heavy atom. The van der Waals surface area contributed by atoms with E-state index in [9.17, 15) is 9.59 Å². The van der Waals surface area contributed by atoms with Crippen molar-refractivity contribution in [3.05, 3.63) is 34.6 Å². The molecule has 136 valence electrons. The van der Waals surface area contributed by atoms with Crippen LogP contribution >= 0.6 is 11.8 Å². The number of methoxy groups -OCH3 is 1. The third kappa shape index (κ3) is 5.29. The molecule has 0 fully saturated rings. The summed E-state index contributed by atoms with van der Waals surface area (Å²) < 4.78 is 6.51. The molecule has 0 aliphatic heterocycles.